The van der Waals surface area contributed by atoms with Gasteiger partial charge in [-0.3, -0.25) is 10.1 Å². The van der Waals surface area contributed by atoms with Gasteiger partial charge in [-0.2, -0.15) is 4.39 Å². The standard InChI is InChI=1S/C13H16FN3O3/c14-8-4-1-5-9(12(8)17(18)19)16-11-10(15)7-3-2-6-20-13(7)11/h1,4-5,7,10-11,13,16H,2-3,6,15H2. The number of hydrogen-bond donors (Lipinski definition) is 2. The van der Waals surface area contributed by atoms with Crippen LogP contribution in [0, 0.1) is 21.8 Å². The van der Waals surface area contributed by atoms with Gasteiger partial charge in [0.25, 0.3) is 0 Å². The normalized spacial score (nSPS) is 32.1. The van der Waals surface area contributed by atoms with Gasteiger partial charge in [0.2, 0.25) is 5.82 Å². The van der Waals surface area contributed by atoms with E-state index >= 15 is 0 Å². The van der Waals surface area contributed by atoms with Crippen LogP contribution in [0.5, 0.6) is 0 Å². The lowest BCUT2D eigenvalue weighted by molar-refractivity contribution is -0.386. The van der Waals surface area contributed by atoms with E-state index in [-0.39, 0.29) is 29.8 Å². The minimum atomic E-state index is -0.853. The molecule has 108 valence electrons. The SMILES string of the molecule is NC1C2CCCOC2C1Nc1cccc(F)c1[N+](=O)[O-]. The largest absolute Gasteiger partial charge is 0.376 e. The van der Waals surface area contributed by atoms with E-state index in [0.717, 1.165) is 18.9 Å². The predicted molar refractivity (Wildman–Crippen MR) is 70.9 cm³/mol. The van der Waals surface area contributed by atoms with Gasteiger partial charge in [-0.15, -0.1) is 0 Å². The maximum atomic E-state index is 13.6. The highest BCUT2D eigenvalue weighted by molar-refractivity contribution is 5.63. The first-order valence-corrected chi connectivity index (χ1v) is 6.66. The van der Waals surface area contributed by atoms with Crippen molar-refractivity contribution in [3.63, 3.8) is 0 Å². The molecule has 2 fully saturated rings. The van der Waals surface area contributed by atoms with Crippen LogP contribution in [0.25, 0.3) is 0 Å². The smallest absolute Gasteiger partial charge is 0.327 e. The summed E-state index contributed by atoms with van der Waals surface area (Å²) in [5.41, 5.74) is 5.70. The Hall–Kier alpha value is -1.73. The average molecular weight is 281 g/mol. The summed E-state index contributed by atoms with van der Waals surface area (Å²) < 4.78 is 19.2. The number of nitrogens with two attached hydrogens (primary N) is 1. The first kappa shape index (κ1) is 13.3. The van der Waals surface area contributed by atoms with Crippen LogP contribution < -0.4 is 11.1 Å². The molecule has 1 aromatic carbocycles. The first-order valence-electron chi connectivity index (χ1n) is 6.66. The van der Waals surface area contributed by atoms with E-state index < -0.39 is 16.4 Å². The van der Waals surface area contributed by atoms with Gasteiger partial charge in [0.15, 0.2) is 0 Å². The number of para-hydroxylation sites is 1. The zero-order valence-electron chi connectivity index (χ0n) is 10.8. The van der Waals surface area contributed by atoms with E-state index in [9.17, 15) is 14.5 Å². The van der Waals surface area contributed by atoms with Crippen molar-refractivity contribution in [1.29, 1.82) is 0 Å². The third-order valence-electron chi connectivity index (χ3n) is 4.17. The third kappa shape index (κ3) is 2.03. The second kappa shape index (κ2) is 4.99. The van der Waals surface area contributed by atoms with Gasteiger partial charge in [0.05, 0.1) is 17.1 Å². The molecule has 7 heteroatoms. The van der Waals surface area contributed by atoms with Crippen LogP contribution in [0.4, 0.5) is 15.8 Å². The number of benzene rings is 1. The molecule has 3 rings (SSSR count). The van der Waals surface area contributed by atoms with Crippen LogP contribution in [0.15, 0.2) is 18.2 Å². The maximum absolute atomic E-state index is 13.6. The van der Waals surface area contributed by atoms with Crippen molar-refractivity contribution in [1.82, 2.24) is 0 Å². The van der Waals surface area contributed by atoms with Crippen molar-refractivity contribution in [2.45, 2.75) is 31.0 Å². The minimum absolute atomic E-state index is 0.0402. The molecular weight excluding hydrogens is 265 g/mol. The van der Waals surface area contributed by atoms with E-state index in [1.165, 1.54) is 12.1 Å². The second-order valence-electron chi connectivity index (χ2n) is 5.28. The molecule has 0 aromatic heterocycles. The molecule has 0 spiro atoms. The molecule has 1 saturated heterocycles. The van der Waals surface area contributed by atoms with Gasteiger partial charge >= 0.3 is 5.69 Å². The lowest BCUT2D eigenvalue weighted by Crippen LogP contribution is -2.69. The summed E-state index contributed by atoms with van der Waals surface area (Å²) in [5, 5.41) is 13.9. The van der Waals surface area contributed by atoms with Gasteiger partial charge in [0, 0.05) is 18.6 Å². The van der Waals surface area contributed by atoms with Gasteiger partial charge in [-0.1, -0.05) is 6.07 Å². The van der Waals surface area contributed by atoms with Crippen LogP contribution in [0.2, 0.25) is 0 Å². The zero-order chi connectivity index (χ0) is 14.3. The summed E-state index contributed by atoms with van der Waals surface area (Å²) in [6, 6.07) is 3.67. The number of halogens is 1. The Kier molecular flexibility index (Phi) is 3.31. The summed E-state index contributed by atoms with van der Waals surface area (Å²) in [6.07, 6.45) is 1.96. The van der Waals surface area contributed by atoms with Gasteiger partial charge in [-0.25, -0.2) is 0 Å². The van der Waals surface area contributed by atoms with Gasteiger partial charge < -0.3 is 15.8 Å². The Bertz CT molecular complexity index is 540. The van der Waals surface area contributed by atoms with Crippen molar-refractivity contribution in [3.8, 4) is 0 Å². The molecule has 1 aromatic rings. The van der Waals surface area contributed by atoms with Crippen molar-refractivity contribution < 1.29 is 14.1 Å². The molecule has 0 radical (unpaired) electrons. The predicted octanol–water partition coefficient (Wildman–Crippen LogP) is 1.65. The Morgan fingerprint density at radius 3 is 3.05 bits per heavy atom. The summed E-state index contributed by atoms with van der Waals surface area (Å²) >= 11 is 0. The quantitative estimate of drug-likeness (QED) is 0.649. The summed E-state index contributed by atoms with van der Waals surface area (Å²) in [4.78, 5) is 10.2. The van der Waals surface area contributed by atoms with E-state index in [2.05, 4.69) is 5.32 Å². The zero-order valence-corrected chi connectivity index (χ0v) is 10.8. The lowest BCUT2D eigenvalue weighted by atomic mass is 9.68. The Morgan fingerprint density at radius 2 is 2.30 bits per heavy atom. The van der Waals surface area contributed by atoms with E-state index in [1.54, 1.807) is 0 Å². The van der Waals surface area contributed by atoms with Crippen molar-refractivity contribution in [2.24, 2.45) is 11.7 Å². The molecule has 4 unspecified atom stereocenters. The highest BCUT2D eigenvalue weighted by Crippen LogP contribution is 2.40. The van der Waals surface area contributed by atoms with Crippen LogP contribution in [0.1, 0.15) is 12.8 Å². The number of nitrogens with one attached hydrogen (secondary N) is 1. The summed E-state index contributed by atoms with van der Waals surface area (Å²) in [5.74, 6) is -0.567. The van der Waals surface area contributed by atoms with Crippen LogP contribution >= 0.6 is 0 Å². The average Bonchev–Trinajstić information content (AvgIpc) is 2.44. The van der Waals surface area contributed by atoms with E-state index in [4.69, 9.17) is 10.5 Å². The lowest BCUT2D eigenvalue weighted by Gasteiger charge is -2.52. The number of nitrogens with zero attached hydrogens (tertiary/aromatic N) is 1. The number of hydrogen-bond acceptors (Lipinski definition) is 5. The van der Waals surface area contributed by atoms with Crippen molar-refractivity contribution in [3.05, 3.63) is 34.1 Å². The molecule has 20 heavy (non-hydrogen) atoms. The molecule has 3 N–H and O–H groups in total. The molecule has 6 nitrogen and oxygen atoms in total. The van der Waals surface area contributed by atoms with Gasteiger partial charge in [0.1, 0.15) is 5.69 Å². The summed E-state index contributed by atoms with van der Waals surface area (Å²) in [6.45, 7) is 0.678. The van der Waals surface area contributed by atoms with Crippen LogP contribution in [-0.2, 0) is 4.74 Å². The Labute approximate surface area is 115 Å². The third-order valence-corrected chi connectivity index (χ3v) is 4.17. The maximum Gasteiger partial charge on any atom is 0.327 e. The topological polar surface area (TPSA) is 90.4 Å². The first-order chi connectivity index (χ1) is 9.59. The fourth-order valence-corrected chi connectivity index (χ4v) is 3.12. The van der Waals surface area contributed by atoms with Crippen molar-refractivity contribution >= 4 is 11.4 Å². The molecule has 1 aliphatic heterocycles. The second-order valence-corrected chi connectivity index (χ2v) is 5.28. The molecule has 1 heterocycles. The Balaban J connectivity index is 1.82. The number of anilines is 1. The highest BCUT2D eigenvalue weighted by Gasteiger charge is 2.50. The number of rotatable bonds is 3. The van der Waals surface area contributed by atoms with Gasteiger partial charge in [-0.05, 0) is 25.0 Å². The fraction of sp³-hybridized carbons (Fsp3) is 0.538. The molecular formula is C13H16FN3O3. The number of nitro groups is 1. The minimum Gasteiger partial charge on any atom is -0.376 e. The monoisotopic (exact) mass is 281 g/mol. The highest BCUT2D eigenvalue weighted by atomic mass is 19.1. The Morgan fingerprint density at radius 1 is 1.50 bits per heavy atom. The van der Waals surface area contributed by atoms with Crippen LogP contribution in [-0.4, -0.2) is 29.7 Å². The number of fused-ring (bicyclic) bond motifs is 1. The van der Waals surface area contributed by atoms with E-state index in [0.29, 0.717) is 6.61 Å². The molecule has 4 atom stereocenters. The fourth-order valence-electron chi connectivity index (χ4n) is 3.12. The molecule has 0 bridgehead atoms. The number of nitro benzene ring substituents is 1. The molecule has 0 amide bonds. The molecule has 1 aliphatic carbocycles. The molecule has 1 saturated carbocycles. The molecule has 2 aliphatic rings. The van der Waals surface area contributed by atoms with E-state index in [1.807, 2.05) is 0 Å². The summed E-state index contributed by atoms with van der Waals surface area (Å²) in [7, 11) is 0. The van der Waals surface area contributed by atoms with Crippen LogP contribution in [0.3, 0.4) is 0 Å². The number of ether oxygens (including phenoxy) is 1. The van der Waals surface area contributed by atoms with Crippen molar-refractivity contribution in [2.75, 3.05) is 11.9 Å².